The van der Waals surface area contributed by atoms with E-state index >= 15 is 0 Å². The SMILES string of the molecule is CC(C)(C)c1ccc(/C=C2\SC(=O)N(CCNC(=O)c3cc(S(=O)(=O)N4CCN(c5ccccc5)CC4)ccc3Cl)C2=O)cc1. The van der Waals surface area contributed by atoms with Crippen LogP contribution in [-0.2, 0) is 20.2 Å². The zero-order chi connectivity index (χ0) is 32.4. The molecule has 45 heavy (non-hydrogen) atoms. The van der Waals surface area contributed by atoms with Crippen molar-refractivity contribution in [2.75, 3.05) is 44.2 Å². The molecule has 0 radical (unpaired) electrons. The number of piperazine rings is 1. The van der Waals surface area contributed by atoms with Crippen LogP contribution in [0.4, 0.5) is 10.5 Å². The number of para-hydroxylation sites is 1. The van der Waals surface area contributed by atoms with Crippen LogP contribution in [0.5, 0.6) is 0 Å². The number of nitrogens with zero attached hydrogens (tertiary/aromatic N) is 3. The van der Waals surface area contributed by atoms with Crippen LogP contribution in [-0.4, -0.2) is 73.9 Å². The highest BCUT2D eigenvalue weighted by Gasteiger charge is 2.35. The van der Waals surface area contributed by atoms with Gasteiger partial charge < -0.3 is 10.2 Å². The zero-order valence-electron chi connectivity index (χ0n) is 25.3. The van der Waals surface area contributed by atoms with Crippen molar-refractivity contribution in [2.24, 2.45) is 0 Å². The molecule has 0 aliphatic carbocycles. The molecule has 0 spiro atoms. The first-order valence-corrected chi connectivity index (χ1v) is 17.2. The smallest absolute Gasteiger partial charge is 0.293 e. The minimum Gasteiger partial charge on any atom is -0.369 e. The fourth-order valence-electron chi connectivity index (χ4n) is 5.11. The molecule has 0 bridgehead atoms. The Hall–Kier alpha value is -3.64. The van der Waals surface area contributed by atoms with Crippen molar-refractivity contribution in [2.45, 2.75) is 31.1 Å². The Bertz CT molecular complexity index is 1730. The third kappa shape index (κ3) is 7.44. The molecule has 2 aliphatic heterocycles. The third-order valence-corrected chi connectivity index (χ3v) is 10.9. The van der Waals surface area contributed by atoms with Gasteiger partial charge in [0.15, 0.2) is 0 Å². The summed E-state index contributed by atoms with van der Waals surface area (Å²) in [6, 6.07) is 21.7. The number of imide groups is 1. The van der Waals surface area contributed by atoms with E-state index in [2.05, 4.69) is 31.0 Å². The first-order valence-electron chi connectivity index (χ1n) is 14.6. The van der Waals surface area contributed by atoms with Crippen LogP contribution in [0.3, 0.4) is 0 Å². The molecule has 0 unspecified atom stereocenters. The molecule has 2 heterocycles. The van der Waals surface area contributed by atoms with E-state index in [1.54, 1.807) is 6.08 Å². The lowest BCUT2D eigenvalue weighted by molar-refractivity contribution is -0.122. The molecule has 0 aromatic heterocycles. The fraction of sp³-hybridized carbons (Fsp3) is 0.303. The van der Waals surface area contributed by atoms with E-state index in [0.29, 0.717) is 31.1 Å². The lowest BCUT2D eigenvalue weighted by Crippen LogP contribution is -2.48. The first-order chi connectivity index (χ1) is 21.3. The molecule has 2 saturated heterocycles. The summed E-state index contributed by atoms with van der Waals surface area (Å²) < 4.78 is 28.3. The summed E-state index contributed by atoms with van der Waals surface area (Å²) in [5.74, 6) is -1.04. The van der Waals surface area contributed by atoms with Crippen molar-refractivity contribution >= 4 is 62.2 Å². The maximum Gasteiger partial charge on any atom is 0.293 e. The lowest BCUT2D eigenvalue weighted by atomic mass is 9.87. The van der Waals surface area contributed by atoms with Gasteiger partial charge in [-0.15, -0.1) is 0 Å². The number of thioether (sulfide) groups is 1. The van der Waals surface area contributed by atoms with Gasteiger partial charge in [0.05, 0.1) is 20.4 Å². The molecule has 5 rings (SSSR count). The number of anilines is 1. The normalized spacial score (nSPS) is 17.3. The maximum absolute atomic E-state index is 13.4. The van der Waals surface area contributed by atoms with Gasteiger partial charge in [0.2, 0.25) is 10.0 Å². The summed E-state index contributed by atoms with van der Waals surface area (Å²) in [5.41, 5.74) is 3.00. The number of halogens is 1. The minimum absolute atomic E-state index is 0.000783. The molecule has 9 nitrogen and oxygen atoms in total. The molecule has 3 aromatic rings. The number of rotatable bonds is 8. The summed E-state index contributed by atoms with van der Waals surface area (Å²) >= 11 is 7.14. The highest BCUT2D eigenvalue weighted by molar-refractivity contribution is 8.18. The van der Waals surface area contributed by atoms with Crippen molar-refractivity contribution < 1.29 is 22.8 Å². The van der Waals surface area contributed by atoms with Gasteiger partial charge in [0.25, 0.3) is 17.1 Å². The highest BCUT2D eigenvalue weighted by Crippen LogP contribution is 2.32. The van der Waals surface area contributed by atoms with Gasteiger partial charge in [-0.05, 0) is 64.7 Å². The minimum atomic E-state index is -3.87. The Morgan fingerprint density at radius 2 is 1.62 bits per heavy atom. The van der Waals surface area contributed by atoms with Crippen molar-refractivity contribution in [1.82, 2.24) is 14.5 Å². The van der Waals surface area contributed by atoms with Gasteiger partial charge in [-0.3, -0.25) is 19.3 Å². The van der Waals surface area contributed by atoms with Gasteiger partial charge in [-0.25, -0.2) is 8.42 Å². The lowest BCUT2D eigenvalue weighted by Gasteiger charge is -2.35. The standard InChI is InChI=1S/C33H35ClN4O5S2/c1-33(2,3)24-11-9-23(10-12-24)21-29-31(40)38(32(41)44-29)16-15-35-30(39)27-22-26(13-14-28(27)34)45(42,43)37-19-17-36(18-20-37)25-7-5-4-6-8-25/h4-14,21-22H,15-20H2,1-3H3,(H,35,39)/b29-21-. The number of nitrogens with one attached hydrogen (secondary N) is 1. The van der Waals surface area contributed by atoms with Crippen molar-refractivity contribution in [1.29, 1.82) is 0 Å². The molecular weight excluding hydrogens is 632 g/mol. The van der Waals surface area contributed by atoms with E-state index in [1.807, 2.05) is 54.6 Å². The summed E-state index contributed by atoms with van der Waals surface area (Å²) in [5, 5.41) is 2.33. The molecule has 0 atom stereocenters. The molecular formula is C33H35ClN4O5S2. The number of amides is 3. The number of carbonyl (C=O) groups excluding carboxylic acids is 3. The van der Waals surface area contributed by atoms with Gasteiger partial charge in [0.1, 0.15) is 0 Å². The molecule has 236 valence electrons. The molecule has 12 heteroatoms. The highest BCUT2D eigenvalue weighted by atomic mass is 35.5. The first kappa shape index (κ1) is 32.7. The van der Waals surface area contributed by atoms with Crippen LogP contribution in [0.25, 0.3) is 6.08 Å². The Morgan fingerprint density at radius 3 is 2.27 bits per heavy atom. The molecule has 3 aromatic carbocycles. The monoisotopic (exact) mass is 666 g/mol. The molecule has 3 amide bonds. The van der Waals surface area contributed by atoms with Crippen LogP contribution in [0.2, 0.25) is 5.02 Å². The summed E-state index contributed by atoms with van der Waals surface area (Å²) in [7, 11) is -3.87. The van der Waals surface area contributed by atoms with Crippen molar-refractivity contribution in [3.8, 4) is 0 Å². The fourth-order valence-corrected chi connectivity index (χ4v) is 7.63. The van der Waals surface area contributed by atoms with Crippen LogP contribution < -0.4 is 10.2 Å². The second-order valence-corrected chi connectivity index (χ2v) is 15.2. The van der Waals surface area contributed by atoms with Crippen molar-refractivity contribution in [3.63, 3.8) is 0 Å². The largest absolute Gasteiger partial charge is 0.369 e. The number of hydrogen-bond acceptors (Lipinski definition) is 7. The molecule has 0 saturated carbocycles. The van der Waals surface area contributed by atoms with Crippen LogP contribution in [0.1, 0.15) is 42.3 Å². The van der Waals surface area contributed by atoms with E-state index in [4.69, 9.17) is 11.6 Å². The number of sulfonamides is 1. The van der Waals surface area contributed by atoms with Crippen LogP contribution >= 0.6 is 23.4 Å². The van der Waals surface area contributed by atoms with E-state index < -0.39 is 27.1 Å². The van der Waals surface area contributed by atoms with Gasteiger partial charge >= 0.3 is 0 Å². The Balaban J connectivity index is 1.19. The van der Waals surface area contributed by atoms with E-state index in [0.717, 1.165) is 33.5 Å². The second-order valence-electron chi connectivity index (χ2n) is 11.8. The van der Waals surface area contributed by atoms with Gasteiger partial charge in [-0.1, -0.05) is 74.8 Å². The number of benzene rings is 3. The number of hydrogen-bond donors (Lipinski definition) is 1. The predicted molar refractivity (Wildman–Crippen MR) is 179 cm³/mol. The van der Waals surface area contributed by atoms with E-state index in [1.165, 1.54) is 22.5 Å². The summed E-state index contributed by atoms with van der Waals surface area (Å²) in [6.45, 7) is 7.96. The average Bonchev–Trinajstić information content (AvgIpc) is 3.28. The number of carbonyl (C=O) groups is 3. The quantitative estimate of drug-likeness (QED) is 0.311. The van der Waals surface area contributed by atoms with E-state index in [9.17, 15) is 22.8 Å². The maximum atomic E-state index is 13.4. The Labute approximate surface area is 273 Å². The van der Waals surface area contributed by atoms with Gasteiger partial charge in [0, 0.05) is 45.0 Å². The third-order valence-electron chi connectivity index (χ3n) is 7.75. The molecule has 2 aliphatic rings. The predicted octanol–water partition coefficient (Wildman–Crippen LogP) is 5.61. The topological polar surface area (TPSA) is 107 Å². The van der Waals surface area contributed by atoms with Crippen LogP contribution in [0, 0.1) is 0 Å². The Morgan fingerprint density at radius 1 is 0.956 bits per heavy atom. The second kappa shape index (κ2) is 13.4. The molecule has 1 N–H and O–H groups in total. The van der Waals surface area contributed by atoms with Gasteiger partial charge in [-0.2, -0.15) is 4.31 Å². The molecule has 2 fully saturated rings. The summed E-state index contributed by atoms with van der Waals surface area (Å²) in [4.78, 5) is 42.1. The zero-order valence-corrected chi connectivity index (χ0v) is 27.7. The van der Waals surface area contributed by atoms with Crippen molar-refractivity contribution in [3.05, 3.63) is 99.4 Å². The Kier molecular flexibility index (Phi) is 9.74. The average molecular weight is 667 g/mol. The van der Waals surface area contributed by atoms with Crippen LogP contribution in [0.15, 0.2) is 82.6 Å². The van der Waals surface area contributed by atoms with E-state index in [-0.39, 0.29) is 34.0 Å². The summed E-state index contributed by atoms with van der Waals surface area (Å²) in [6.07, 6.45) is 1.68.